The van der Waals surface area contributed by atoms with Crippen LogP contribution in [0.2, 0.25) is 0 Å². The summed E-state index contributed by atoms with van der Waals surface area (Å²) in [4.78, 5) is 0.314. The van der Waals surface area contributed by atoms with Gasteiger partial charge in [0.05, 0.1) is 16.2 Å². The topological polar surface area (TPSA) is 54.4 Å². The second-order valence-electron chi connectivity index (χ2n) is 4.19. The van der Waals surface area contributed by atoms with E-state index in [9.17, 15) is 13.5 Å². The van der Waals surface area contributed by atoms with Gasteiger partial charge < -0.3 is 5.11 Å². The Hall–Kier alpha value is -0.870. The Morgan fingerprint density at radius 3 is 2.20 bits per heavy atom. The first-order chi connectivity index (χ1) is 6.81. The molecule has 0 saturated carbocycles. The maximum atomic E-state index is 11.8. The van der Waals surface area contributed by atoms with Gasteiger partial charge in [-0.3, -0.25) is 0 Å². The second kappa shape index (κ2) is 4.33. The minimum atomic E-state index is -3.25. The lowest BCUT2D eigenvalue weighted by atomic mass is 10.1. The molecule has 0 aromatic heterocycles. The van der Waals surface area contributed by atoms with Crippen LogP contribution >= 0.6 is 0 Å². The van der Waals surface area contributed by atoms with Gasteiger partial charge in [-0.2, -0.15) is 0 Å². The van der Waals surface area contributed by atoms with E-state index in [0.717, 1.165) is 0 Å². The summed E-state index contributed by atoms with van der Waals surface area (Å²) in [6.07, 6.45) is 0.240. The van der Waals surface area contributed by atoms with Crippen molar-refractivity contribution in [2.24, 2.45) is 0 Å². The average molecular weight is 228 g/mol. The van der Waals surface area contributed by atoms with E-state index in [4.69, 9.17) is 0 Å². The number of aliphatic hydroxyl groups is 1. The highest BCUT2D eigenvalue weighted by atomic mass is 32.2. The lowest BCUT2D eigenvalue weighted by molar-refractivity contribution is 0.0772. The molecule has 1 rings (SSSR count). The zero-order valence-corrected chi connectivity index (χ0v) is 9.79. The van der Waals surface area contributed by atoms with Crippen LogP contribution in [0.5, 0.6) is 0 Å². The first-order valence-electron chi connectivity index (χ1n) is 4.81. The number of hydrogen-bond acceptors (Lipinski definition) is 3. The Morgan fingerprint density at radius 1 is 1.20 bits per heavy atom. The third-order valence-electron chi connectivity index (χ3n) is 2.08. The van der Waals surface area contributed by atoms with Crippen molar-refractivity contribution in [3.63, 3.8) is 0 Å². The standard InChI is InChI=1S/C11H16O3S/c1-11(2,12)8-9-15(13,14)10-6-4-3-5-7-10/h3-7,12H,8-9H2,1-2H3. The van der Waals surface area contributed by atoms with Gasteiger partial charge >= 0.3 is 0 Å². The van der Waals surface area contributed by atoms with Gasteiger partial charge in [-0.1, -0.05) is 18.2 Å². The van der Waals surface area contributed by atoms with Crippen molar-refractivity contribution in [1.82, 2.24) is 0 Å². The number of hydrogen-bond donors (Lipinski definition) is 1. The van der Waals surface area contributed by atoms with E-state index in [-0.39, 0.29) is 12.2 Å². The predicted octanol–water partition coefficient (Wildman–Crippen LogP) is 1.62. The van der Waals surface area contributed by atoms with Crippen molar-refractivity contribution >= 4 is 9.84 Å². The van der Waals surface area contributed by atoms with Crippen LogP contribution in [0.1, 0.15) is 20.3 Å². The summed E-state index contributed by atoms with van der Waals surface area (Å²) in [5.74, 6) is -0.0273. The fourth-order valence-electron chi connectivity index (χ4n) is 1.13. The van der Waals surface area contributed by atoms with Crippen LogP contribution in [0.25, 0.3) is 0 Å². The van der Waals surface area contributed by atoms with E-state index in [0.29, 0.717) is 4.90 Å². The van der Waals surface area contributed by atoms with E-state index >= 15 is 0 Å². The van der Waals surface area contributed by atoms with Crippen LogP contribution in [0.4, 0.5) is 0 Å². The van der Waals surface area contributed by atoms with Crippen LogP contribution in [0, 0.1) is 0 Å². The maximum absolute atomic E-state index is 11.8. The smallest absolute Gasteiger partial charge is 0.178 e. The lowest BCUT2D eigenvalue weighted by Crippen LogP contribution is -2.23. The Kier molecular flexibility index (Phi) is 3.52. The molecule has 0 aliphatic heterocycles. The number of benzene rings is 1. The van der Waals surface area contributed by atoms with Gasteiger partial charge in [-0.15, -0.1) is 0 Å². The quantitative estimate of drug-likeness (QED) is 0.852. The molecule has 0 spiro atoms. The fourth-order valence-corrected chi connectivity index (χ4v) is 2.71. The van der Waals surface area contributed by atoms with Crippen LogP contribution in [0.3, 0.4) is 0 Å². The molecule has 0 aliphatic rings. The highest BCUT2D eigenvalue weighted by molar-refractivity contribution is 7.91. The summed E-state index contributed by atoms with van der Waals surface area (Å²) >= 11 is 0. The van der Waals surface area contributed by atoms with Crippen molar-refractivity contribution in [2.75, 3.05) is 5.75 Å². The van der Waals surface area contributed by atoms with Crippen LogP contribution in [-0.2, 0) is 9.84 Å². The SMILES string of the molecule is CC(C)(O)CCS(=O)(=O)c1ccccc1. The molecule has 0 saturated heterocycles. The molecule has 3 nitrogen and oxygen atoms in total. The van der Waals surface area contributed by atoms with Gasteiger partial charge in [-0.25, -0.2) is 8.42 Å². The van der Waals surface area contributed by atoms with E-state index < -0.39 is 15.4 Å². The van der Waals surface area contributed by atoms with E-state index in [1.165, 1.54) is 0 Å². The zero-order chi connectivity index (χ0) is 11.5. The van der Waals surface area contributed by atoms with Crippen LogP contribution in [-0.4, -0.2) is 24.9 Å². The minimum absolute atomic E-state index is 0.0273. The molecule has 84 valence electrons. The summed E-state index contributed by atoms with van der Waals surface area (Å²) in [5, 5.41) is 9.46. The zero-order valence-electron chi connectivity index (χ0n) is 8.97. The highest BCUT2D eigenvalue weighted by Gasteiger charge is 2.20. The van der Waals surface area contributed by atoms with E-state index in [1.54, 1.807) is 44.2 Å². The normalized spacial score (nSPS) is 12.7. The van der Waals surface area contributed by atoms with Crippen LogP contribution in [0.15, 0.2) is 35.2 Å². The fraction of sp³-hybridized carbons (Fsp3) is 0.455. The molecular formula is C11H16O3S. The average Bonchev–Trinajstić information content (AvgIpc) is 2.16. The van der Waals surface area contributed by atoms with Crippen molar-refractivity contribution in [3.05, 3.63) is 30.3 Å². The van der Waals surface area contributed by atoms with Gasteiger partial charge in [-0.05, 0) is 32.4 Å². The van der Waals surface area contributed by atoms with E-state index in [2.05, 4.69) is 0 Å². The summed E-state index contributed by atoms with van der Waals surface area (Å²) in [6.45, 7) is 3.21. The molecule has 1 aromatic carbocycles. The molecule has 0 bridgehead atoms. The monoisotopic (exact) mass is 228 g/mol. The van der Waals surface area contributed by atoms with Gasteiger partial charge in [0.2, 0.25) is 0 Å². The molecule has 15 heavy (non-hydrogen) atoms. The summed E-state index contributed by atoms with van der Waals surface area (Å²) < 4.78 is 23.5. The van der Waals surface area contributed by atoms with Gasteiger partial charge in [0, 0.05) is 0 Å². The molecule has 0 aliphatic carbocycles. The lowest BCUT2D eigenvalue weighted by Gasteiger charge is -2.16. The van der Waals surface area contributed by atoms with Crippen molar-refractivity contribution in [2.45, 2.75) is 30.8 Å². The summed E-state index contributed by atoms with van der Waals surface area (Å²) in [5.41, 5.74) is -0.943. The molecule has 0 amide bonds. The first-order valence-corrected chi connectivity index (χ1v) is 6.47. The van der Waals surface area contributed by atoms with Crippen LogP contribution < -0.4 is 0 Å². The number of rotatable bonds is 4. The largest absolute Gasteiger partial charge is 0.390 e. The first kappa shape index (κ1) is 12.2. The Balaban J connectivity index is 2.78. The van der Waals surface area contributed by atoms with Gasteiger partial charge in [0.1, 0.15) is 0 Å². The number of sulfone groups is 1. The minimum Gasteiger partial charge on any atom is -0.390 e. The highest BCUT2D eigenvalue weighted by Crippen LogP contribution is 2.15. The molecule has 0 radical (unpaired) electrons. The molecule has 0 heterocycles. The summed E-state index contributed by atoms with van der Waals surface area (Å²) in [6, 6.07) is 8.29. The Labute approximate surface area is 90.7 Å². The Morgan fingerprint density at radius 2 is 1.73 bits per heavy atom. The third-order valence-corrected chi connectivity index (χ3v) is 3.82. The molecule has 0 unspecified atom stereocenters. The molecule has 4 heteroatoms. The van der Waals surface area contributed by atoms with Gasteiger partial charge in [0.25, 0.3) is 0 Å². The molecule has 0 atom stereocenters. The Bertz CT molecular complexity index is 401. The van der Waals surface area contributed by atoms with Gasteiger partial charge in [0.15, 0.2) is 9.84 Å². The molecular weight excluding hydrogens is 212 g/mol. The predicted molar refractivity (Wildman–Crippen MR) is 59.4 cm³/mol. The third kappa shape index (κ3) is 4.01. The van der Waals surface area contributed by atoms with Crippen molar-refractivity contribution in [1.29, 1.82) is 0 Å². The second-order valence-corrected chi connectivity index (χ2v) is 6.30. The maximum Gasteiger partial charge on any atom is 0.178 e. The van der Waals surface area contributed by atoms with E-state index in [1.807, 2.05) is 0 Å². The summed E-state index contributed by atoms with van der Waals surface area (Å²) in [7, 11) is -3.25. The molecule has 1 N–H and O–H groups in total. The van der Waals surface area contributed by atoms with Crippen molar-refractivity contribution < 1.29 is 13.5 Å². The van der Waals surface area contributed by atoms with Crippen molar-refractivity contribution in [3.8, 4) is 0 Å². The molecule has 1 aromatic rings. The molecule has 0 fully saturated rings.